The van der Waals surface area contributed by atoms with Gasteiger partial charge in [0.15, 0.2) is 24.7 Å². The molecular weight excluding hydrogens is 496 g/mol. The summed E-state index contributed by atoms with van der Waals surface area (Å²) >= 11 is 1.41. The minimum absolute atomic E-state index is 0.0356. The zero-order chi connectivity index (χ0) is 25.9. The van der Waals surface area contributed by atoms with Crippen LogP contribution in [0.2, 0.25) is 0 Å². The molecule has 2 aromatic rings. The van der Waals surface area contributed by atoms with Crippen molar-refractivity contribution in [2.24, 2.45) is 5.16 Å². The van der Waals surface area contributed by atoms with E-state index in [1.165, 1.54) is 16.7 Å². The lowest BCUT2D eigenvalue weighted by molar-refractivity contribution is -0.689. The molecule has 2 fully saturated rings. The van der Waals surface area contributed by atoms with Crippen molar-refractivity contribution in [1.82, 2.24) is 15.2 Å². The molecule has 5 rings (SSSR count). The number of nitrogens with one attached hydrogen (secondary N) is 1. The van der Waals surface area contributed by atoms with Crippen molar-refractivity contribution in [2.45, 2.75) is 49.7 Å². The molecule has 12 heteroatoms. The number of β-lactam (4-membered cyclic amide) rings is 1. The number of nitrogens with zero attached hydrogens (tertiary/aromatic N) is 4. The first-order valence-corrected chi connectivity index (χ1v) is 13.1. The topological polar surface area (TPSA) is 151 Å². The third-order valence-corrected chi connectivity index (χ3v) is 7.85. The summed E-state index contributed by atoms with van der Waals surface area (Å²) in [7, 11) is 0. The monoisotopic (exact) mass is 523 g/mol. The molecule has 11 nitrogen and oxygen atoms in total. The molecule has 1 unspecified atom stereocenters. The number of carbonyl (C=O) groups is 3. The van der Waals surface area contributed by atoms with Gasteiger partial charge in [0.2, 0.25) is 0 Å². The molecule has 2 atom stereocenters. The largest absolute Gasteiger partial charge is 0.477 e. The normalized spacial score (nSPS) is 21.9. The van der Waals surface area contributed by atoms with Gasteiger partial charge in [-0.05, 0) is 37.8 Å². The van der Waals surface area contributed by atoms with Gasteiger partial charge in [-0.1, -0.05) is 17.3 Å². The van der Waals surface area contributed by atoms with Crippen molar-refractivity contribution < 1.29 is 28.9 Å². The zero-order valence-corrected chi connectivity index (χ0v) is 20.8. The Balaban J connectivity index is 1.35. The highest BCUT2D eigenvalue weighted by Gasteiger charge is 2.54. The average Bonchev–Trinajstić information content (AvgIpc) is 3.41. The lowest BCUT2D eigenvalue weighted by Crippen LogP contribution is -2.71. The number of carboxylic acid groups (broad SMARTS) is 1. The summed E-state index contributed by atoms with van der Waals surface area (Å²) in [6.45, 7) is 0.347. The maximum Gasteiger partial charge on any atom is 0.352 e. The fourth-order valence-corrected chi connectivity index (χ4v) is 6.02. The van der Waals surface area contributed by atoms with E-state index in [-0.39, 0.29) is 29.0 Å². The number of amides is 2. The molecule has 1 aliphatic carbocycles. The minimum Gasteiger partial charge on any atom is -0.477 e. The van der Waals surface area contributed by atoms with E-state index >= 15 is 0 Å². The number of nitrogens with two attached hydrogens (primary N) is 1. The molecule has 192 valence electrons. The second-order valence-corrected chi connectivity index (χ2v) is 10.2. The number of carboxylic acids is 1. The number of aromatic nitrogens is 2. The number of anilines is 1. The van der Waals surface area contributed by atoms with E-state index < -0.39 is 29.2 Å². The number of pyridine rings is 2. The number of aliphatic carboxylic acids is 1. The Hall–Kier alpha value is -3.93. The van der Waals surface area contributed by atoms with E-state index in [4.69, 9.17) is 10.6 Å². The predicted molar refractivity (Wildman–Crippen MR) is 135 cm³/mol. The van der Waals surface area contributed by atoms with Gasteiger partial charge in [-0.15, -0.1) is 11.8 Å². The fraction of sp³-hybridized carbons (Fsp3) is 0.360. The van der Waals surface area contributed by atoms with Crippen LogP contribution in [0.25, 0.3) is 0 Å². The number of oxime groups is 1. The van der Waals surface area contributed by atoms with Crippen LogP contribution in [0.5, 0.6) is 0 Å². The van der Waals surface area contributed by atoms with Gasteiger partial charge in [-0.25, -0.2) is 14.3 Å². The van der Waals surface area contributed by atoms with E-state index in [0.29, 0.717) is 17.9 Å². The summed E-state index contributed by atoms with van der Waals surface area (Å²) in [5, 5.41) is 16.2. The summed E-state index contributed by atoms with van der Waals surface area (Å²) in [6, 6.07) is 9.51. The summed E-state index contributed by atoms with van der Waals surface area (Å²) in [6.07, 6.45) is 7.37. The SMILES string of the molecule is Nc1cccc(C(=NOC2CCCC2)C(=O)NC2C(=O)N3C(C(=O)O)=C(C[n+]4ccccc4)CS[C@@H]23)n1. The molecule has 4 heterocycles. The molecule has 2 aromatic heterocycles. The van der Waals surface area contributed by atoms with Gasteiger partial charge >= 0.3 is 5.97 Å². The Kier molecular flexibility index (Phi) is 7.08. The summed E-state index contributed by atoms with van der Waals surface area (Å²) in [5.74, 6) is -1.68. The van der Waals surface area contributed by atoms with Crippen molar-refractivity contribution in [2.75, 3.05) is 11.5 Å². The van der Waals surface area contributed by atoms with Crippen molar-refractivity contribution in [3.8, 4) is 0 Å². The third kappa shape index (κ3) is 5.15. The molecule has 0 spiro atoms. The first-order chi connectivity index (χ1) is 17.9. The average molecular weight is 524 g/mol. The van der Waals surface area contributed by atoms with Crippen LogP contribution >= 0.6 is 11.8 Å². The van der Waals surface area contributed by atoms with Gasteiger partial charge in [-0.2, -0.15) is 0 Å². The van der Waals surface area contributed by atoms with E-state index in [1.54, 1.807) is 18.2 Å². The van der Waals surface area contributed by atoms with Crippen molar-refractivity contribution >= 4 is 41.1 Å². The second-order valence-electron chi connectivity index (χ2n) is 9.07. The van der Waals surface area contributed by atoms with Gasteiger partial charge in [0.05, 0.1) is 0 Å². The number of hydrogen-bond donors (Lipinski definition) is 3. The third-order valence-electron chi connectivity index (χ3n) is 6.51. The molecule has 0 aromatic carbocycles. The summed E-state index contributed by atoms with van der Waals surface area (Å²) < 4.78 is 1.86. The number of rotatable bonds is 8. The molecule has 2 amide bonds. The molecule has 0 radical (unpaired) electrons. The number of nitrogen functional groups attached to an aromatic ring is 1. The maximum atomic E-state index is 13.3. The van der Waals surface area contributed by atoms with Crippen LogP contribution in [0.4, 0.5) is 5.82 Å². The van der Waals surface area contributed by atoms with Crippen LogP contribution in [0.1, 0.15) is 31.4 Å². The van der Waals surface area contributed by atoms with Gasteiger partial charge in [0.1, 0.15) is 34.7 Å². The van der Waals surface area contributed by atoms with Crippen molar-refractivity contribution in [3.05, 3.63) is 65.8 Å². The van der Waals surface area contributed by atoms with Crippen molar-refractivity contribution in [1.29, 1.82) is 0 Å². The Morgan fingerprint density at radius 1 is 1.22 bits per heavy atom. The Labute approximate surface area is 217 Å². The molecule has 37 heavy (non-hydrogen) atoms. The van der Waals surface area contributed by atoms with E-state index in [1.807, 2.05) is 35.2 Å². The number of hydrogen-bond acceptors (Lipinski definition) is 8. The Bertz CT molecular complexity index is 1280. The quantitative estimate of drug-likeness (QED) is 0.201. The highest BCUT2D eigenvalue weighted by Crippen LogP contribution is 2.40. The molecule has 1 saturated carbocycles. The number of fused-ring (bicyclic) bond motifs is 1. The summed E-state index contributed by atoms with van der Waals surface area (Å²) in [5.41, 5.74) is 6.54. The number of carbonyl (C=O) groups excluding carboxylic acids is 2. The van der Waals surface area contributed by atoms with Gasteiger partial charge < -0.3 is 21.0 Å². The Morgan fingerprint density at radius 3 is 2.68 bits per heavy atom. The van der Waals surface area contributed by atoms with Crippen molar-refractivity contribution in [3.63, 3.8) is 0 Å². The van der Waals surface area contributed by atoms with E-state index in [0.717, 1.165) is 25.7 Å². The van der Waals surface area contributed by atoms with Crippen LogP contribution in [0.15, 0.2) is 65.2 Å². The lowest BCUT2D eigenvalue weighted by atomic mass is 10.0. The standard InChI is InChI=1S/C25H26N6O5S/c26-18-10-6-9-17(27-18)19(29-36-16-7-2-3-8-16)22(32)28-20-23(33)31-21(25(34)35)15(14-37-24(20)31)13-30-11-4-1-5-12-30/h1,4-6,9-12,16,20,24H,2-3,7-8,13-14H2,(H3-,26,27,28,32,34,35)/p+1/t20?,24-/m0/s1. The van der Waals surface area contributed by atoms with E-state index in [9.17, 15) is 19.5 Å². The highest BCUT2D eigenvalue weighted by atomic mass is 32.2. The number of thioether (sulfide) groups is 1. The molecular formula is C25H27N6O5S+. The first-order valence-electron chi connectivity index (χ1n) is 12.0. The molecule has 3 aliphatic rings. The summed E-state index contributed by atoms with van der Waals surface area (Å²) in [4.78, 5) is 49.6. The van der Waals surface area contributed by atoms with Gasteiger partial charge in [0.25, 0.3) is 11.8 Å². The van der Waals surface area contributed by atoms with Crippen LogP contribution in [0, 0.1) is 0 Å². The lowest BCUT2D eigenvalue weighted by Gasteiger charge is -2.49. The van der Waals surface area contributed by atoms with E-state index in [2.05, 4.69) is 15.5 Å². The molecule has 4 N–H and O–H groups in total. The van der Waals surface area contributed by atoms with Crippen LogP contribution < -0.4 is 15.6 Å². The van der Waals surface area contributed by atoms with Crippen LogP contribution in [-0.4, -0.2) is 61.8 Å². The van der Waals surface area contributed by atoms with Crippen LogP contribution in [-0.2, 0) is 25.8 Å². The smallest absolute Gasteiger partial charge is 0.352 e. The molecule has 1 saturated heterocycles. The van der Waals surface area contributed by atoms with Gasteiger partial charge in [-0.3, -0.25) is 14.5 Å². The predicted octanol–water partition coefficient (Wildman–Crippen LogP) is 1.05. The molecule has 2 aliphatic heterocycles. The Morgan fingerprint density at radius 2 is 1.97 bits per heavy atom. The fourth-order valence-electron chi connectivity index (χ4n) is 4.68. The second kappa shape index (κ2) is 10.6. The van der Waals surface area contributed by atoms with Gasteiger partial charge in [0, 0.05) is 23.5 Å². The maximum absolute atomic E-state index is 13.3. The van der Waals surface area contributed by atoms with Crippen LogP contribution in [0.3, 0.4) is 0 Å². The first kappa shape index (κ1) is 24.8. The minimum atomic E-state index is -1.17. The molecule has 0 bridgehead atoms. The highest BCUT2D eigenvalue weighted by molar-refractivity contribution is 8.00. The zero-order valence-electron chi connectivity index (χ0n) is 19.9.